The molecule has 0 heterocycles. The molecule has 0 saturated heterocycles. The first-order chi connectivity index (χ1) is 5.63. The largest absolute Gasteiger partial charge is 0.378 e. The number of ether oxygens (including phenoxy) is 1. The highest BCUT2D eigenvalue weighted by molar-refractivity contribution is 4.90. The molecule has 0 bridgehead atoms. The summed E-state index contributed by atoms with van der Waals surface area (Å²) in [6.45, 7) is 10.4. The van der Waals surface area contributed by atoms with Crippen molar-refractivity contribution < 1.29 is 4.74 Å². The Balaban J connectivity index is 4.38. The van der Waals surface area contributed by atoms with E-state index in [0.29, 0.717) is 5.92 Å². The van der Waals surface area contributed by atoms with Gasteiger partial charge < -0.3 is 4.74 Å². The molecule has 0 spiro atoms. The quantitative estimate of drug-likeness (QED) is 0.555. The van der Waals surface area contributed by atoms with Gasteiger partial charge in [0.05, 0.1) is 5.60 Å². The van der Waals surface area contributed by atoms with Crippen LogP contribution in [0.5, 0.6) is 0 Å². The maximum Gasteiger partial charge on any atom is 0.0735 e. The molecule has 0 aliphatic carbocycles. The molecule has 72 valence electrons. The first kappa shape index (κ1) is 11.7. The van der Waals surface area contributed by atoms with Crippen molar-refractivity contribution in [2.75, 3.05) is 7.11 Å². The van der Waals surface area contributed by atoms with Gasteiger partial charge in [0.25, 0.3) is 0 Å². The van der Waals surface area contributed by atoms with Gasteiger partial charge in [-0.2, -0.15) is 0 Å². The van der Waals surface area contributed by atoms with E-state index in [0.717, 1.165) is 12.8 Å². The van der Waals surface area contributed by atoms with Gasteiger partial charge in [-0.25, -0.2) is 0 Å². The van der Waals surface area contributed by atoms with Crippen LogP contribution in [0.4, 0.5) is 0 Å². The van der Waals surface area contributed by atoms with Crippen LogP contribution in [0.25, 0.3) is 0 Å². The van der Waals surface area contributed by atoms with Gasteiger partial charge in [-0.05, 0) is 18.8 Å². The highest BCUT2D eigenvalue weighted by Gasteiger charge is 2.30. The second kappa shape index (κ2) is 5.36. The van der Waals surface area contributed by atoms with Crippen molar-refractivity contribution >= 4 is 0 Å². The second-order valence-electron chi connectivity index (χ2n) is 3.67. The molecule has 0 amide bonds. The smallest absolute Gasteiger partial charge is 0.0735 e. The van der Waals surface area contributed by atoms with Crippen LogP contribution in [0.1, 0.15) is 40.0 Å². The summed E-state index contributed by atoms with van der Waals surface area (Å²) in [6, 6.07) is 0. The first-order valence-corrected chi connectivity index (χ1v) is 4.79. The van der Waals surface area contributed by atoms with Crippen LogP contribution in [0.15, 0.2) is 12.7 Å². The van der Waals surface area contributed by atoms with E-state index < -0.39 is 0 Å². The number of methoxy groups -OCH3 is 1. The maximum atomic E-state index is 5.61. The Morgan fingerprint density at radius 3 is 2.33 bits per heavy atom. The standard InChI is InChI=1S/C11H22O/c1-6-8-11(12-5,9-7-2)10(3)4/h6,10H,1,7-9H2,2-5H3/t11-/m0/s1. The van der Waals surface area contributed by atoms with Crippen LogP contribution in [0.3, 0.4) is 0 Å². The van der Waals surface area contributed by atoms with E-state index >= 15 is 0 Å². The Morgan fingerprint density at radius 2 is 2.08 bits per heavy atom. The summed E-state index contributed by atoms with van der Waals surface area (Å²) in [5, 5.41) is 0. The van der Waals surface area contributed by atoms with Gasteiger partial charge in [-0.15, -0.1) is 6.58 Å². The summed E-state index contributed by atoms with van der Waals surface area (Å²) in [5.74, 6) is 0.556. The number of hydrogen-bond acceptors (Lipinski definition) is 1. The topological polar surface area (TPSA) is 9.23 Å². The molecule has 12 heavy (non-hydrogen) atoms. The van der Waals surface area contributed by atoms with Crippen molar-refractivity contribution in [3.05, 3.63) is 12.7 Å². The molecular formula is C11H22O. The van der Waals surface area contributed by atoms with E-state index in [-0.39, 0.29) is 5.60 Å². The Labute approximate surface area is 76.8 Å². The zero-order valence-corrected chi connectivity index (χ0v) is 8.89. The molecular weight excluding hydrogens is 148 g/mol. The van der Waals surface area contributed by atoms with Crippen molar-refractivity contribution in [2.45, 2.75) is 45.6 Å². The molecule has 0 fully saturated rings. The minimum Gasteiger partial charge on any atom is -0.378 e. The number of rotatable bonds is 6. The lowest BCUT2D eigenvalue weighted by Gasteiger charge is -2.35. The summed E-state index contributed by atoms with van der Waals surface area (Å²) in [4.78, 5) is 0. The van der Waals surface area contributed by atoms with E-state index in [4.69, 9.17) is 4.74 Å². The van der Waals surface area contributed by atoms with E-state index in [2.05, 4.69) is 27.4 Å². The van der Waals surface area contributed by atoms with E-state index in [1.807, 2.05) is 6.08 Å². The molecule has 0 aromatic carbocycles. The van der Waals surface area contributed by atoms with Gasteiger partial charge in [-0.3, -0.25) is 0 Å². The van der Waals surface area contributed by atoms with Gasteiger partial charge in [0.2, 0.25) is 0 Å². The summed E-state index contributed by atoms with van der Waals surface area (Å²) < 4.78 is 5.61. The average molecular weight is 170 g/mol. The van der Waals surface area contributed by atoms with E-state index in [1.54, 1.807) is 7.11 Å². The fraction of sp³-hybridized carbons (Fsp3) is 0.818. The maximum absolute atomic E-state index is 5.61. The van der Waals surface area contributed by atoms with Crippen LogP contribution >= 0.6 is 0 Å². The van der Waals surface area contributed by atoms with Gasteiger partial charge in [0, 0.05) is 7.11 Å². The van der Waals surface area contributed by atoms with Crippen LogP contribution in [0.2, 0.25) is 0 Å². The Hall–Kier alpha value is -0.300. The molecule has 0 radical (unpaired) electrons. The molecule has 1 heteroatoms. The zero-order chi connectivity index (χ0) is 9.61. The molecule has 0 saturated carbocycles. The molecule has 0 unspecified atom stereocenters. The second-order valence-corrected chi connectivity index (χ2v) is 3.67. The summed E-state index contributed by atoms with van der Waals surface area (Å²) in [7, 11) is 1.80. The average Bonchev–Trinajstić information content (AvgIpc) is 2.03. The van der Waals surface area contributed by atoms with Crippen LogP contribution < -0.4 is 0 Å². The molecule has 0 aliphatic heterocycles. The van der Waals surface area contributed by atoms with Crippen molar-refractivity contribution in [1.29, 1.82) is 0 Å². The summed E-state index contributed by atoms with van der Waals surface area (Å²) in [6.07, 6.45) is 5.20. The molecule has 0 N–H and O–H groups in total. The van der Waals surface area contributed by atoms with Gasteiger partial charge in [0.15, 0.2) is 0 Å². The van der Waals surface area contributed by atoms with Gasteiger partial charge >= 0.3 is 0 Å². The zero-order valence-electron chi connectivity index (χ0n) is 8.89. The van der Waals surface area contributed by atoms with Crippen molar-refractivity contribution in [3.63, 3.8) is 0 Å². The van der Waals surface area contributed by atoms with Gasteiger partial charge in [-0.1, -0.05) is 33.3 Å². The van der Waals surface area contributed by atoms with Crippen molar-refractivity contribution in [2.24, 2.45) is 5.92 Å². The van der Waals surface area contributed by atoms with Crippen LogP contribution in [-0.4, -0.2) is 12.7 Å². The fourth-order valence-electron chi connectivity index (χ4n) is 1.72. The SMILES string of the molecule is C=CC[C@@](CCC)(OC)C(C)C. The van der Waals surface area contributed by atoms with Crippen LogP contribution in [-0.2, 0) is 4.74 Å². The van der Waals surface area contributed by atoms with E-state index in [1.165, 1.54) is 6.42 Å². The predicted molar refractivity (Wildman–Crippen MR) is 54.3 cm³/mol. The Kier molecular flexibility index (Phi) is 5.23. The lowest BCUT2D eigenvalue weighted by atomic mass is 9.83. The molecule has 0 aliphatic rings. The lowest BCUT2D eigenvalue weighted by molar-refractivity contribution is -0.0523. The van der Waals surface area contributed by atoms with Crippen molar-refractivity contribution in [3.8, 4) is 0 Å². The molecule has 1 atom stereocenters. The minimum atomic E-state index is 0.0243. The number of hydrogen-bond donors (Lipinski definition) is 0. The lowest BCUT2D eigenvalue weighted by Crippen LogP contribution is -2.36. The minimum absolute atomic E-state index is 0.0243. The monoisotopic (exact) mass is 170 g/mol. The van der Waals surface area contributed by atoms with Crippen molar-refractivity contribution in [1.82, 2.24) is 0 Å². The molecule has 0 aromatic heterocycles. The summed E-state index contributed by atoms with van der Waals surface area (Å²) >= 11 is 0. The van der Waals surface area contributed by atoms with Crippen LogP contribution in [0, 0.1) is 5.92 Å². The summed E-state index contributed by atoms with van der Waals surface area (Å²) in [5.41, 5.74) is 0.0243. The Bertz CT molecular complexity index is 129. The third-order valence-electron chi connectivity index (χ3n) is 2.62. The first-order valence-electron chi connectivity index (χ1n) is 4.79. The molecule has 1 nitrogen and oxygen atoms in total. The van der Waals surface area contributed by atoms with Gasteiger partial charge in [0.1, 0.15) is 0 Å². The third kappa shape index (κ3) is 2.63. The fourth-order valence-corrected chi connectivity index (χ4v) is 1.72. The third-order valence-corrected chi connectivity index (χ3v) is 2.62. The normalized spacial score (nSPS) is 16.1. The highest BCUT2D eigenvalue weighted by atomic mass is 16.5. The molecule has 0 aromatic rings. The van der Waals surface area contributed by atoms with E-state index in [9.17, 15) is 0 Å². The molecule has 0 rings (SSSR count). The predicted octanol–water partition coefficient (Wildman–Crippen LogP) is 3.40. The Morgan fingerprint density at radius 1 is 1.50 bits per heavy atom. The highest BCUT2D eigenvalue weighted by Crippen LogP contribution is 2.30.